The van der Waals surface area contributed by atoms with E-state index in [1.165, 1.54) is 0 Å². The minimum atomic E-state index is 0.457. The highest BCUT2D eigenvalue weighted by molar-refractivity contribution is 5.37. The van der Waals surface area contributed by atoms with Gasteiger partial charge in [-0.1, -0.05) is 0 Å². The topological polar surface area (TPSA) is 67.1 Å². The van der Waals surface area contributed by atoms with Crippen molar-refractivity contribution in [3.05, 3.63) is 12.4 Å². The van der Waals surface area contributed by atoms with Crippen LogP contribution in [0.4, 0.5) is 11.6 Å². The maximum atomic E-state index is 5.45. The van der Waals surface area contributed by atoms with Gasteiger partial charge in [-0.2, -0.15) is 0 Å². The zero-order valence-corrected chi connectivity index (χ0v) is 8.27. The molecule has 0 amide bonds. The maximum absolute atomic E-state index is 5.45. The molecule has 76 valence electrons. The summed E-state index contributed by atoms with van der Waals surface area (Å²) in [5.74, 6) is 1.26. The van der Waals surface area contributed by atoms with E-state index in [9.17, 15) is 0 Å². The summed E-state index contributed by atoms with van der Waals surface area (Å²) in [4.78, 5) is 10.4. The summed E-state index contributed by atoms with van der Waals surface area (Å²) in [5, 5.41) is 3.33. The molecule has 2 rings (SSSR count). The lowest BCUT2D eigenvalue weighted by Gasteiger charge is -2.12. The molecule has 1 aromatic rings. The van der Waals surface area contributed by atoms with Gasteiger partial charge in [0.15, 0.2) is 0 Å². The van der Waals surface area contributed by atoms with Crippen LogP contribution in [0.2, 0.25) is 0 Å². The highest BCUT2D eigenvalue weighted by Gasteiger charge is 2.19. The van der Waals surface area contributed by atoms with Crippen LogP contribution < -0.4 is 11.1 Å². The van der Waals surface area contributed by atoms with Crippen LogP contribution in [0.3, 0.4) is 0 Å². The lowest BCUT2D eigenvalue weighted by atomic mass is 10.3. The third kappa shape index (κ3) is 2.11. The van der Waals surface area contributed by atoms with Crippen LogP contribution in [-0.2, 0) is 0 Å². The molecule has 14 heavy (non-hydrogen) atoms. The Morgan fingerprint density at radius 2 is 2.36 bits per heavy atom. The zero-order chi connectivity index (χ0) is 9.97. The Balaban J connectivity index is 1.94. The van der Waals surface area contributed by atoms with Gasteiger partial charge in [0, 0.05) is 12.6 Å². The molecule has 1 aromatic heterocycles. The Hall–Kier alpha value is -1.36. The molecule has 5 nitrogen and oxygen atoms in total. The van der Waals surface area contributed by atoms with E-state index < -0.39 is 0 Å². The number of nitrogens with one attached hydrogen (secondary N) is 1. The number of nitrogen functional groups attached to an aromatic ring is 1. The van der Waals surface area contributed by atoms with Gasteiger partial charge in [-0.05, 0) is 20.0 Å². The Morgan fingerprint density at radius 3 is 2.93 bits per heavy atom. The second-order valence-electron chi connectivity index (χ2n) is 3.72. The largest absolute Gasteiger partial charge is 0.382 e. The van der Waals surface area contributed by atoms with E-state index >= 15 is 0 Å². The molecule has 0 bridgehead atoms. The van der Waals surface area contributed by atoms with E-state index in [1.54, 1.807) is 12.4 Å². The standard InChI is InChI=1S/C9H15N5/c1-14-3-2-7(6-14)13-9-5-11-8(10)4-12-9/h4-5,7H,2-3,6H2,1H3,(H2,10,11)(H,12,13). The molecule has 1 unspecified atom stereocenters. The monoisotopic (exact) mass is 193 g/mol. The molecule has 0 saturated carbocycles. The number of nitrogens with zero attached hydrogens (tertiary/aromatic N) is 3. The van der Waals surface area contributed by atoms with E-state index in [4.69, 9.17) is 5.73 Å². The quantitative estimate of drug-likeness (QED) is 0.701. The lowest BCUT2D eigenvalue weighted by molar-refractivity contribution is 0.414. The molecule has 1 aliphatic rings. The number of hydrogen-bond acceptors (Lipinski definition) is 5. The number of hydrogen-bond donors (Lipinski definition) is 2. The summed E-state index contributed by atoms with van der Waals surface area (Å²) >= 11 is 0. The molecule has 0 aliphatic carbocycles. The van der Waals surface area contributed by atoms with Crippen LogP contribution >= 0.6 is 0 Å². The first-order valence-corrected chi connectivity index (χ1v) is 4.76. The van der Waals surface area contributed by atoms with Gasteiger partial charge < -0.3 is 16.0 Å². The Kier molecular flexibility index (Phi) is 2.49. The fourth-order valence-corrected chi connectivity index (χ4v) is 1.67. The van der Waals surface area contributed by atoms with Gasteiger partial charge in [-0.3, -0.25) is 0 Å². The van der Waals surface area contributed by atoms with Crippen LogP contribution in [0.1, 0.15) is 6.42 Å². The van der Waals surface area contributed by atoms with Crippen molar-refractivity contribution in [2.75, 3.05) is 31.2 Å². The number of nitrogens with two attached hydrogens (primary N) is 1. The second kappa shape index (κ2) is 3.79. The Bertz CT molecular complexity index is 297. The van der Waals surface area contributed by atoms with Crippen molar-refractivity contribution in [3.8, 4) is 0 Å². The fourth-order valence-electron chi connectivity index (χ4n) is 1.67. The first kappa shape index (κ1) is 9.21. The molecule has 1 saturated heterocycles. The van der Waals surface area contributed by atoms with E-state index in [0.717, 1.165) is 25.3 Å². The molecule has 5 heteroatoms. The average molecular weight is 193 g/mol. The first-order chi connectivity index (χ1) is 6.74. The number of rotatable bonds is 2. The van der Waals surface area contributed by atoms with Crippen LogP contribution in [0.25, 0.3) is 0 Å². The SMILES string of the molecule is CN1CCC(Nc2cnc(N)cn2)C1. The second-order valence-corrected chi connectivity index (χ2v) is 3.72. The van der Waals surface area contributed by atoms with Crippen molar-refractivity contribution < 1.29 is 0 Å². The van der Waals surface area contributed by atoms with Crippen LogP contribution in [0.5, 0.6) is 0 Å². The van der Waals surface area contributed by atoms with Gasteiger partial charge in [0.2, 0.25) is 0 Å². The summed E-state index contributed by atoms with van der Waals surface area (Å²) in [6, 6.07) is 0.484. The summed E-state index contributed by atoms with van der Waals surface area (Å²) in [6.07, 6.45) is 4.40. The first-order valence-electron chi connectivity index (χ1n) is 4.76. The summed E-state index contributed by atoms with van der Waals surface area (Å²) < 4.78 is 0. The Morgan fingerprint density at radius 1 is 1.50 bits per heavy atom. The molecular weight excluding hydrogens is 178 g/mol. The molecule has 0 aromatic carbocycles. The van der Waals surface area contributed by atoms with Crippen molar-refractivity contribution in [3.63, 3.8) is 0 Å². The molecule has 2 heterocycles. The smallest absolute Gasteiger partial charge is 0.144 e. The predicted octanol–water partition coefficient (Wildman–Crippen LogP) is 0.175. The van der Waals surface area contributed by atoms with Gasteiger partial charge in [-0.25, -0.2) is 9.97 Å². The molecule has 3 N–H and O–H groups in total. The summed E-state index contributed by atoms with van der Waals surface area (Å²) in [7, 11) is 2.12. The van der Waals surface area contributed by atoms with E-state index in [2.05, 4.69) is 27.2 Å². The number of likely N-dealkylation sites (N-methyl/N-ethyl adjacent to an activating group) is 1. The minimum absolute atomic E-state index is 0.457. The highest BCUT2D eigenvalue weighted by atomic mass is 15.2. The van der Waals surface area contributed by atoms with E-state index in [-0.39, 0.29) is 0 Å². The van der Waals surface area contributed by atoms with Crippen molar-refractivity contribution in [1.82, 2.24) is 14.9 Å². The van der Waals surface area contributed by atoms with Crippen LogP contribution in [0, 0.1) is 0 Å². The molecule has 0 spiro atoms. The van der Waals surface area contributed by atoms with Gasteiger partial charge in [0.05, 0.1) is 12.4 Å². The average Bonchev–Trinajstić information content (AvgIpc) is 2.56. The van der Waals surface area contributed by atoms with Crippen molar-refractivity contribution in [1.29, 1.82) is 0 Å². The molecule has 1 aliphatic heterocycles. The third-order valence-corrected chi connectivity index (χ3v) is 2.42. The lowest BCUT2D eigenvalue weighted by Crippen LogP contribution is -2.24. The predicted molar refractivity (Wildman–Crippen MR) is 56.0 cm³/mol. The van der Waals surface area contributed by atoms with Crippen molar-refractivity contribution in [2.45, 2.75) is 12.5 Å². The highest BCUT2D eigenvalue weighted by Crippen LogP contribution is 2.12. The Labute approximate surface area is 83.3 Å². The fraction of sp³-hybridized carbons (Fsp3) is 0.556. The molecule has 1 fully saturated rings. The summed E-state index contributed by atoms with van der Waals surface area (Å²) in [5.41, 5.74) is 5.45. The van der Waals surface area contributed by atoms with Crippen LogP contribution in [0.15, 0.2) is 12.4 Å². The van der Waals surface area contributed by atoms with Crippen molar-refractivity contribution in [2.24, 2.45) is 0 Å². The van der Waals surface area contributed by atoms with Gasteiger partial charge in [0.25, 0.3) is 0 Å². The maximum Gasteiger partial charge on any atom is 0.144 e. The van der Waals surface area contributed by atoms with Gasteiger partial charge in [0.1, 0.15) is 11.6 Å². The van der Waals surface area contributed by atoms with Crippen LogP contribution in [-0.4, -0.2) is 41.0 Å². The molecular formula is C9H15N5. The summed E-state index contributed by atoms with van der Waals surface area (Å²) in [6.45, 7) is 2.20. The normalized spacial score (nSPS) is 22.5. The number of aromatic nitrogens is 2. The minimum Gasteiger partial charge on any atom is -0.382 e. The van der Waals surface area contributed by atoms with Gasteiger partial charge in [-0.15, -0.1) is 0 Å². The molecule has 0 radical (unpaired) electrons. The van der Waals surface area contributed by atoms with E-state index in [1.807, 2.05) is 0 Å². The zero-order valence-electron chi connectivity index (χ0n) is 8.27. The number of anilines is 2. The van der Waals surface area contributed by atoms with Gasteiger partial charge >= 0.3 is 0 Å². The number of likely N-dealkylation sites (tertiary alicyclic amines) is 1. The molecule has 1 atom stereocenters. The van der Waals surface area contributed by atoms with Crippen molar-refractivity contribution >= 4 is 11.6 Å². The third-order valence-electron chi connectivity index (χ3n) is 2.42. The van der Waals surface area contributed by atoms with E-state index in [0.29, 0.717) is 11.9 Å².